The zero-order valence-electron chi connectivity index (χ0n) is 13.1. The Morgan fingerprint density at radius 1 is 1.00 bits per heavy atom. The number of nitrogens with one attached hydrogen (secondary N) is 1. The molecule has 1 aliphatic heterocycles. The summed E-state index contributed by atoms with van der Waals surface area (Å²) >= 11 is 18.0. The highest BCUT2D eigenvalue weighted by Crippen LogP contribution is 2.27. The molecule has 1 fully saturated rings. The molecule has 3 rings (SSSR count). The van der Waals surface area contributed by atoms with Gasteiger partial charge in [-0.25, -0.2) is 0 Å². The highest BCUT2D eigenvalue weighted by Gasteiger charge is 2.34. The van der Waals surface area contributed by atoms with E-state index in [1.54, 1.807) is 41.3 Å². The zero-order chi connectivity index (χ0) is 18.0. The highest BCUT2D eigenvalue weighted by atomic mass is 35.5. The predicted octanol–water partition coefficient (Wildman–Crippen LogP) is 4.89. The van der Waals surface area contributed by atoms with Crippen LogP contribution in [-0.4, -0.2) is 29.3 Å². The Morgan fingerprint density at radius 3 is 2.48 bits per heavy atom. The Kier molecular flexibility index (Phi) is 5.52. The maximum Gasteiger partial charge on any atom is 0.254 e. The summed E-state index contributed by atoms with van der Waals surface area (Å²) in [7, 11) is 0. The van der Waals surface area contributed by atoms with Crippen molar-refractivity contribution >= 4 is 52.3 Å². The monoisotopic (exact) mass is 396 g/mol. The number of likely N-dealkylation sites (tertiary alicyclic amines) is 1. The third-order valence-corrected chi connectivity index (χ3v) is 5.18. The number of nitrogens with zero attached hydrogens (tertiary/aromatic N) is 1. The number of benzene rings is 2. The second-order valence-corrected chi connectivity index (χ2v) is 6.98. The van der Waals surface area contributed by atoms with Crippen LogP contribution in [0.2, 0.25) is 15.1 Å². The average Bonchev–Trinajstić information content (AvgIpc) is 3.08. The standard InChI is InChI=1S/C18H15Cl3N2O2/c19-12-8-7-11(10-14(12)21)18(25)23-9-3-6-16(23)17(24)22-15-5-2-1-4-13(15)20/h1-2,4-5,7-8,10,16H,3,6,9H2,(H,22,24). The Labute approximate surface area is 160 Å². The molecule has 1 saturated heterocycles. The Hall–Kier alpha value is -1.75. The number of halogens is 3. The minimum Gasteiger partial charge on any atom is -0.327 e. The first-order valence-electron chi connectivity index (χ1n) is 7.79. The topological polar surface area (TPSA) is 49.4 Å². The van der Waals surface area contributed by atoms with Crippen molar-refractivity contribution in [3.05, 3.63) is 63.1 Å². The summed E-state index contributed by atoms with van der Waals surface area (Å²) in [4.78, 5) is 26.9. The van der Waals surface area contributed by atoms with Gasteiger partial charge in [-0.2, -0.15) is 0 Å². The molecule has 0 radical (unpaired) electrons. The second-order valence-electron chi connectivity index (χ2n) is 5.75. The summed E-state index contributed by atoms with van der Waals surface area (Å²) in [6.07, 6.45) is 1.36. The van der Waals surface area contributed by atoms with Crippen LogP contribution in [0.25, 0.3) is 0 Å². The molecule has 0 bridgehead atoms. The average molecular weight is 398 g/mol. The largest absolute Gasteiger partial charge is 0.327 e. The van der Waals surface area contributed by atoms with Gasteiger partial charge in [-0.3, -0.25) is 9.59 Å². The van der Waals surface area contributed by atoms with Gasteiger partial charge < -0.3 is 10.2 Å². The fraction of sp³-hybridized carbons (Fsp3) is 0.222. The van der Waals surface area contributed by atoms with Crippen molar-refractivity contribution in [2.75, 3.05) is 11.9 Å². The minimum absolute atomic E-state index is 0.240. The highest BCUT2D eigenvalue weighted by molar-refractivity contribution is 6.42. The molecule has 7 heteroatoms. The van der Waals surface area contributed by atoms with Gasteiger partial charge in [0.05, 0.1) is 20.8 Å². The van der Waals surface area contributed by atoms with Crippen LogP contribution in [0.1, 0.15) is 23.2 Å². The van der Waals surface area contributed by atoms with Crippen molar-refractivity contribution in [3.8, 4) is 0 Å². The molecular formula is C18H15Cl3N2O2. The maximum absolute atomic E-state index is 12.8. The summed E-state index contributed by atoms with van der Waals surface area (Å²) in [6, 6.07) is 11.2. The van der Waals surface area contributed by atoms with Crippen LogP contribution in [0.3, 0.4) is 0 Å². The van der Waals surface area contributed by atoms with Crippen molar-refractivity contribution in [1.82, 2.24) is 4.90 Å². The summed E-state index contributed by atoms with van der Waals surface area (Å²) in [6.45, 7) is 0.514. The van der Waals surface area contributed by atoms with E-state index in [1.165, 1.54) is 6.07 Å². The van der Waals surface area contributed by atoms with E-state index in [9.17, 15) is 9.59 Å². The van der Waals surface area contributed by atoms with Crippen molar-refractivity contribution in [3.63, 3.8) is 0 Å². The quantitative estimate of drug-likeness (QED) is 0.801. The predicted molar refractivity (Wildman–Crippen MR) is 101 cm³/mol. The van der Waals surface area contributed by atoms with E-state index in [0.29, 0.717) is 39.3 Å². The van der Waals surface area contributed by atoms with Gasteiger partial charge >= 0.3 is 0 Å². The van der Waals surface area contributed by atoms with E-state index in [1.807, 2.05) is 0 Å². The molecule has 2 aromatic carbocycles. The summed E-state index contributed by atoms with van der Waals surface area (Å²) in [5.41, 5.74) is 0.940. The fourth-order valence-electron chi connectivity index (χ4n) is 2.86. The molecule has 2 aromatic rings. The number of amides is 2. The lowest BCUT2D eigenvalue weighted by atomic mass is 10.1. The van der Waals surface area contributed by atoms with Gasteiger partial charge in [-0.1, -0.05) is 46.9 Å². The normalized spacial score (nSPS) is 16.8. The molecule has 4 nitrogen and oxygen atoms in total. The molecule has 0 spiro atoms. The Bertz CT molecular complexity index is 826. The van der Waals surface area contributed by atoms with E-state index >= 15 is 0 Å². The molecule has 1 aliphatic rings. The molecule has 0 aromatic heterocycles. The molecular weight excluding hydrogens is 383 g/mol. The van der Waals surface area contributed by atoms with Crippen LogP contribution in [-0.2, 0) is 4.79 Å². The lowest BCUT2D eigenvalue weighted by Crippen LogP contribution is -2.43. The summed E-state index contributed by atoms with van der Waals surface area (Å²) in [5, 5.41) is 3.94. The molecule has 1 unspecified atom stereocenters. The van der Waals surface area contributed by atoms with Crippen LogP contribution >= 0.6 is 34.8 Å². The lowest BCUT2D eigenvalue weighted by Gasteiger charge is -2.24. The maximum atomic E-state index is 12.8. The number of carbonyl (C=O) groups excluding carboxylic acids is 2. The molecule has 25 heavy (non-hydrogen) atoms. The van der Waals surface area contributed by atoms with Crippen LogP contribution in [0, 0.1) is 0 Å². The third kappa shape index (κ3) is 3.92. The van der Waals surface area contributed by atoms with E-state index < -0.39 is 6.04 Å². The molecule has 2 amide bonds. The fourth-order valence-corrected chi connectivity index (χ4v) is 3.34. The van der Waals surface area contributed by atoms with Crippen molar-refractivity contribution in [1.29, 1.82) is 0 Å². The van der Waals surface area contributed by atoms with Crippen LogP contribution in [0.4, 0.5) is 5.69 Å². The van der Waals surface area contributed by atoms with Gasteiger partial charge in [0, 0.05) is 12.1 Å². The van der Waals surface area contributed by atoms with Crippen LogP contribution in [0.5, 0.6) is 0 Å². The smallest absolute Gasteiger partial charge is 0.254 e. The number of hydrogen-bond acceptors (Lipinski definition) is 2. The number of carbonyl (C=O) groups is 2. The molecule has 1 heterocycles. The molecule has 130 valence electrons. The van der Waals surface area contributed by atoms with E-state index in [-0.39, 0.29) is 11.8 Å². The van der Waals surface area contributed by atoms with Gasteiger partial charge in [0.1, 0.15) is 6.04 Å². The SMILES string of the molecule is O=C(Nc1ccccc1Cl)C1CCCN1C(=O)c1ccc(Cl)c(Cl)c1. The lowest BCUT2D eigenvalue weighted by molar-refractivity contribution is -0.119. The molecule has 0 aliphatic carbocycles. The first-order chi connectivity index (χ1) is 12.0. The summed E-state index contributed by atoms with van der Waals surface area (Å²) < 4.78 is 0. The number of hydrogen-bond donors (Lipinski definition) is 1. The van der Waals surface area contributed by atoms with Crippen LogP contribution < -0.4 is 5.32 Å². The Morgan fingerprint density at radius 2 is 1.76 bits per heavy atom. The van der Waals surface area contributed by atoms with E-state index in [0.717, 1.165) is 6.42 Å². The van der Waals surface area contributed by atoms with E-state index in [2.05, 4.69) is 5.32 Å². The number of rotatable bonds is 3. The van der Waals surface area contributed by atoms with E-state index in [4.69, 9.17) is 34.8 Å². The van der Waals surface area contributed by atoms with Crippen molar-refractivity contribution in [2.45, 2.75) is 18.9 Å². The first-order valence-corrected chi connectivity index (χ1v) is 8.92. The molecule has 1 N–H and O–H groups in total. The second kappa shape index (κ2) is 7.65. The Balaban J connectivity index is 1.77. The van der Waals surface area contributed by atoms with Crippen LogP contribution in [0.15, 0.2) is 42.5 Å². The third-order valence-electron chi connectivity index (χ3n) is 4.11. The van der Waals surface area contributed by atoms with Gasteiger partial charge in [0.15, 0.2) is 0 Å². The summed E-state index contributed by atoms with van der Waals surface area (Å²) in [5.74, 6) is -0.491. The molecule has 1 atom stereocenters. The van der Waals surface area contributed by atoms with Gasteiger partial charge in [-0.05, 0) is 43.2 Å². The number of anilines is 1. The van der Waals surface area contributed by atoms with Crippen molar-refractivity contribution < 1.29 is 9.59 Å². The van der Waals surface area contributed by atoms with Gasteiger partial charge in [0.25, 0.3) is 5.91 Å². The van der Waals surface area contributed by atoms with Crippen molar-refractivity contribution in [2.24, 2.45) is 0 Å². The zero-order valence-corrected chi connectivity index (χ0v) is 15.4. The molecule has 0 saturated carbocycles. The number of para-hydroxylation sites is 1. The first kappa shape index (κ1) is 18.1. The van der Waals surface area contributed by atoms with Gasteiger partial charge in [-0.15, -0.1) is 0 Å². The minimum atomic E-state index is -0.543. The van der Waals surface area contributed by atoms with Gasteiger partial charge in [0.2, 0.25) is 5.91 Å².